The lowest BCUT2D eigenvalue weighted by Crippen LogP contribution is -2.71. The van der Waals surface area contributed by atoms with Gasteiger partial charge in [0.2, 0.25) is 0 Å². The average Bonchev–Trinajstić information content (AvgIpc) is 3.16. The van der Waals surface area contributed by atoms with Crippen LogP contribution in [-0.4, -0.2) is 52.4 Å². The van der Waals surface area contributed by atoms with Gasteiger partial charge in [-0.2, -0.15) is 5.26 Å². The lowest BCUT2D eigenvalue weighted by molar-refractivity contribution is -0.264. The maximum Gasteiger partial charge on any atom is 0.345 e. The summed E-state index contributed by atoms with van der Waals surface area (Å²) in [5, 5.41) is 21.8. The fourth-order valence-corrected chi connectivity index (χ4v) is 9.29. The van der Waals surface area contributed by atoms with Crippen LogP contribution in [0, 0.1) is 34.0 Å². The number of pyridine rings is 1. The van der Waals surface area contributed by atoms with E-state index in [2.05, 4.69) is 4.98 Å². The van der Waals surface area contributed by atoms with Gasteiger partial charge in [-0.3, -0.25) is 9.78 Å². The molecule has 3 aliphatic rings. The summed E-state index contributed by atoms with van der Waals surface area (Å²) in [6.45, 7) is 6.79. The number of ether oxygens (including phenoxy) is 4. The van der Waals surface area contributed by atoms with Crippen molar-refractivity contribution in [2.24, 2.45) is 22.7 Å². The standard InChI is InChI=1S/C42H40N2O10/c1-24(45)50-23-41(3)31-20-33(53-38(48)27-14-12-25(21-43)13-15-27)42(4)36(40(31,2)17-16-32(41)52-37(47)26-9-6-5-7-10-26)35(46)34-30(54-42)19-29(51-39(34)49)28-11-8-18-44-22-28/h5-15,18-19,22,31-33,35-36,46H,16-17,20,23H2,1-4H3/t31?,32-,33-,35?,36?,40-,41-,42+/m0/s1. The number of hydrogen-bond acceptors (Lipinski definition) is 12. The third-order valence-electron chi connectivity index (χ3n) is 11.9. The molecule has 2 fully saturated rings. The average molecular weight is 733 g/mol. The topological polar surface area (TPSA) is 175 Å². The predicted octanol–water partition coefficient (Wildman–Crippen LogP) is 6.21. The SMILES string of the molecule is CC(=O)OC[C@@]1(C)C2C[C@H](OC(=O)c3ccc(C#N)cc3)[C@@]3(C)Oc4cc(-c5cccnc5)oc(=O)c4C(O)C3[C@@]2(C)CC[C@@H]1OC(=O)c1ccccc1. The van der Waals surface area contributed by atoms with Gasteiger partial charge in [0.05, 0.1) is 28.9 Å². The molecule has 4 aromatic rings. The number of benzene rings is 2. The normalized spacial score (nSPS) is 29.5. The van der Waals surface area contributed by atoms with Crippen LogP contribution in [0.3, 0.4) is 0 Å². The largest absolute Gasteiger partial charge is 0.482 e. The lowest BCUT2D eigenvalue weighted by atomic mass is 9.42. The molecule has 3 heterocycles. The summed E-state index contributed by atoms with van der Waals surface area (Å²) >= 11 is 0. The Morgan fingerprint density at radius 2 is 1.65 bits per heavy atom. The van der Waals surface area contributed by atoms with Crippen molar-refractivity contribution in [1.82, 2.24) is 4.98 Å². The maximum absolute atomic E-state index is 13.9. The fourth-order valence-electron chi connectivity index (χ4n) is 9.29. The van der Waals surface area contributed by atoms with Crippen molar-refractivity contribution in [1.29, 1.82) is 5.26 Å². The molecular weight excluding hydrogens is 692 g/mol. The number of esters is 3. The second-order valence-electron chi connectivity index (χ2n) is 15.1. The van der Waals surface area contributed by atoms with Crippen molar-refractivity contribution in [2.75, 3.05) is 6.61 Å². The number of carbonyl (C=O) groups is 3. The van der Waals surface area contributed by atoms with Gasteiger partial charge in [-0.15, -0.1) is 0 Å². The lowest BCUT2D eigenvalue weighted by Gasteiger charge is -2.66. The summed E-state index contributed by atoms with van der Waals surface area (Å²) in [7, 11) is 0. The Labute approximate surface area is 311 Å². The highest BCUT2D eigenvalue weighted by Gasteiger charge is 2.71. The zero-order valence-corrected chi connectivity index (χ0v) is 30.3. The number of aliphatic hydroxyl groups is 1. The molecule has 0 amide bonds. The van der Waals surface area contributed by atoms with Gasteiger partial charge in [0.1, 0.15) is 41.5 Å². The molecule has 8 atom stereocenters. The molecule has 278 valence electrons. The molecule has 0 radical (unpaired) electrons. The first-order valence-corrected chi connectivity index (χ1v) is 17.8. The molecule has 0 spiro atoms. The van der Waals surface area contributed by atoms with Crippen molar-refractivity contribution in [3.8, 4) is 23.1 Å². The summed E-state index contributed by atoms with van der Waals surface area (Å²) in [6.07, 6.45) is 0.791. The quantitative estimate of drug-likeness (QED) is 0.168. The smallest absolute Gasteiger partial charge is 0.345 e. The van der Waals surface area contributed by atoms with Crippen molar-refractivity contribution in [2.45, 2.75) is 70.9 Å². The minimum Gasteiger partial charge on any atom is -0.482 e. The molecule has 3 unspecified atom stereocenters. The number of rotatable bonds is 7. The Balaban J connectivity index is 1.35. The fraction of sp³-hybridized carbons (Fsp3) is 0.381. The van der Waals surface area contributed by atoms with Crippen LogP contribution >= 0.6 is 0 Å². The highest BCUT2D eigenvalue weighted by Crippen LogP contribution is 2.67. The molecular formula is C42H40N2O10. The Morgan fingerprint density at radius 3 is 2.30 bits per heavy atom. The van der Waals surface area contributed by atoms with Gasteiger partial charge in [0.25, 0.3) is 0 Å². The first kappa shape index (κ1) is 36.6. The van der Waals surface area contributed by atoms with E-state index < -0.39 is 70.1 Å². The van der Waals surface area contributed by atoms with Gasteiger partial charge >= 0.3 is 23.5 Å². The third kappa shape index (κ3) is 6.22. The Hall–Kier alpha value is -5.80. The monoisotopic (exact) mass is 732 g/mol. The first-order valence-electron chi connectivity index (χ1n) is 17.8. The van der Waals surface area contributed by atoms with E-state index in [1.54, 1.807) is 55.6 Å². The van der Waals surface area contributed by atoms with Gasteiger partial charge in [-0.1, -0.05) is 32.0 Å². The molecule has 2 aliphatic carbocycles. The van der Waals surface area contributed by atoms with Crippen LogP contribution in [0.4, 0.5) is 0 Å². The number of aliphatic hydroxyl groups excluding tert-OH is 1. The van der Waals surface area contributed by atoms with E-state index in [9.17, 15) is 29.5 Å². The molecule has 12 nitrogen and oxygen atoms in total. The summed E-state index contributed by atoms with van der Waals surface area (Å²) in [5.41, 5.74) is -2.74. The second-order valence-corrected chi connectivity index (χ2v) is 15.1. The van der Waals surface area contributed by atoms with E-state index in [1.165, 1.54) is 43.5 Å². The number of carbonyl (C=O) groups excluding carboxylic acids is 3. The first-order chi connectivity index (χ1) is 25.8. The Bertz CT molecular complexity index is 2180. The Morgan fingerprint density at radius 1 is 0.963 bits per heavy atom. The second kappa shape index (κ2) is 13.9. The minimum absolute atomic E-state index is 0.0662. The van der Waals surface area contributed by atoms with Crippen LogP contribution in [-0.2, 0) is 19.0 Å². The number of nitrogens with zero attached hydrogens (tertiary/aromatic N) is 2. The van der Waals surface area contributed by atoms with Gasteiger partial charge in [-0.25, -0.2) is 14.4 Å². The van der Waals surface area contributed by atoms with E-state index in [0.29, 0.717) is 29.5 Å². The van der Waals surface area contributed by atoms with Crippen molar-refractivity contribution < 1.29 is 42.9 Å². The van der Waals surface area contributed by atoms with E-state index in [-0.39, 0.29) is 35.7 Å². The summed E-state index contributed by atoms with van der Waals surface area (Å²) in [6, 6.07) is 21.6. The van der Waals surface area contributed by atoms with Gasteiger partial charge in [0, 0.05) is 42.3 Å². The third-order valence-corrected chi connectivity index (χ3v) is 11.9. The molecule has 0 saturated heterocycles. The van der Waals surface area contributed by atoms with Gasteiger partial charge in [0.15, 0.2) is 0 Å². The van der Waals surface area contributed by atoms with Crippen molar-refractivity contribution >= 4 is 17.9 Å². The molecule has 2 aromatic carbocycles. The van der Waals surface area contributed by atoms with Crippen LogP contribution in [0.25, 0.3) is 11.3 Å². The van der Waals surface area contributed by atoms with Crippen molar-refractivity contribution in [3.05, 3.63) is 118 Å². The highest BCUT2D eigenvalue weighted by atomic mass is 16.6. The number of nitriles is 1. The number of fused-ring (bicyclic) bond motifs is 4. The number of aromatic nitrogens is 1. The van der Waals surface area contributed by atoms with Crippen molar-refractivity contribution in [3.63, 3.8) is 0 Å². The zero-order chi connectivity index (χ0) is 38.4. The van der Waals surface area contributed by atoms with E-state index in [0.717, 1.165) is 0 Å². The summed E-state index contributed by atoms with van der Waals surface area (Å²) < 4.78 is 30.8. The maximum atomic E-state index is 13.9. The predicted molar refractivity (Wildman–Crippen MR) is 192 cm³/mol. The van der Waals surface area contributed by atoms with Crippen LogP contribution in [0.2, 0.25) is 0 Å². The molecule has 2 aromatic heterocycles. The number of hydrogen-bond donors (Lipinski definition) is 1. The summed E-state index contributed by atoms with van der Waals surface area (Å²) in [5.74, 6) is -2.88. The molecule has 7 rings (SSSR count). The molecule has 1 aliphatic heterocycles. The van der Waals surface area contributed by atoms with Crippen LogP contribution in [0.15, 0.2) is 94.4 Å². The van der Waals surface area contributed by atoms with Crippen LogP contribution in [0.1, 0.15) is 84.9 Å². The molecule has 54 heavy (non-hydrogen) atoms. The van der Waals surface area contributed by atoms with E-state index >= 15 is 0 Å². The Kier molecular flexibility index (Phi) is 9.39. The molecule has 2 saturated carbocycles. The van der Waals surface area contributed by atoms with Crippen LogP contribution < -0.4 is 10.4 Å². The van der Waals surface area contributed by atoms with E-state index in [4.69, 9.17) is 23.4 Å². The molecule has 12 heteroatoms. The van der Waals surface area contributed by atoms with Gasteiger partial charge in [-0.05, 0) is 86.1 Å². The minimum atomic E-state index is -1.44. The molecule has 1 N–H and O–H groups in total. The van der Waals surface area contributed by atoms with Gasteiger partial charge < -0.3 is 28.5 Å². The highest BCUT2D eigenvalue weighted by molar-refractivity contribution is 5.90. The van der Waals surface area contributed by atoms with E-state index in [1.807, 2.05) is 19.9 Å². The summed E-state index contributed by atoms with van der Waals surface area (Å²) in [4.78, 5) is 57.6. The van der Waals surface area contributed by atoms with Crippen LogP contribution in [0.5, 0.6) is 5.75 Å². The molecule has 0 bridgehead atoms. The zero-order valence-electron chi connectivity index (χ0n) is 30.3.